The quantitative estimate of drug-likeness (QED) is 0.703. The van der Waals surface area contributed by atoms with Gasteiger partial charge in [0.2, 0.25) is 0 Å². The molecule has 56 valence electrons. The Bertz CT molecular complexity index is 322. The molecule has 2 nitrogen and oxygen atoms in total. The van der Waals surface area contributed by atoms with Gasteiger partial charge in [-0.25, -0.2) is 0 Å². The molecule has 1 aliphatic rings. The number of carbonyl (C=O) groups excluding carboxylic acids is 1. The second-order valence-corrected chi connectivity index (χ2v) is 3.73. The molecule has 0 radical (unpaired) electrons. The summed E-state index contributed by atoms with van der Waals surface area (Å²) >= 11 is 2.20. The average Bonchev–Trinajstić information content (AvgIpc) is 2.33. The summed E-state index contributed by atoms with van der Waals surface area (Å²) in [5, 5.41) is 2.77. The van der Waals surface area contributed by atoms with Gasteiger partial charge in [-0.2, -0.15) is 0 Å². The van der Waals surface area contributed by atoms with Gasteiger partial charge in [0.15, 0.2) is 0 Å². The first-order chi connectivity index (χ1) is 5.27. The van der Waals surface area contributed by atoms with E-state index < -0.39 is 0 Å². The van der Waals surface area contributed by atoms with Crippen molar-refractivity contribution >= 4 is 28.5 Å². The smallest absolute Gasteiger partial charge is 0.251 e. The van der Waals surface area contributed by atoms with Crippen molar-refractivity contribution in [2.75, 3.05) is 0 Å². The van der Waals surface area contributed by atoms with Crippen molar-refractivity contribution < 1.29 is 4.79 Å². The van der Waals surface area contributed by atoms with E-state index in [9.17, 15) is 4.79 Å². The highest BCUT2D eigenvalue weighted by Gasteiger charge is 2.17. The average molecular weight is 259 g/mol. The SMILES string of the molecule is O=C1NCc2ccc(I)cc21. The number of amides is 1. The van der Waals surface area contributed by atoms with Crippen LogP contribution in [0.15, 0.2) is 18.2 Å². The van der Waals surface area contributed by atoms with Crippen LogP contribution in [0.25, 0.3) is 0 Å². The molecular weight excluding hydrogens is 253 g/mol. The highest BCUT2D eigenvalue weighted by molar-refractivity contribution is 14.1. The second kappa shape index (κ2) is 2.48. The molecule has 1 N–H and O–H groups in total. The normalized spacial score (nSPS) is 14.5. The van der Waals surface area contributed by atoms with Crippen molar-refractivity contribution in [1.29, 1.82) is 0 Å². The van der Waals surface area contributed by atoms with Gasteiger partial charge in [-0.1, -0.05) is 6.07 Å². The molecule has 1 aliphatic heterocycles. The van der Waals surface area contributed by atoms with E-state index in [0.717, 1.165) is 14.7 Å². The summed E-state index contributed by atoms with van der Waals surface area (Å²) in [5.41, 5.74) is 1.94. The van der Waals surface area contributed by atoms with Crippen molar-refractivity contribution in [3.63, 3.8) is 0 Å². The molecule has 0 saturated carbocycles. The molecule has 0 bridgehead atoms. The number of fused-ring (bicyclic) bond motifs is 1. The molecule has 3 heteroatoms. The number of halogens is 1. The van der Waals surface area contributed by atoms with Crippen LogP contribution in [0.3, 0.4) is 0 Å². The van der Waals surface area contributed by atoms with Gasteiger partial charge in [-0.15, -0.1) is 0 Å². The summed E-state index contributed by atoms with van der Waals surface area (Å²) in [6, 6.07) is 5.92. The van der Waals surface area contributed by atoms with Crippen molar-refractivity contribution in [2.24, 2.45) is 0 Å². The Morgan fingerprint density at radius 1 is 1.45 bits per heavy atom. The van der Waals surface area contributed by atoms with Crippen molar-refractivity contribution in [3.05, 3.63) is 32.9 Å². The van der Waals surface area contributed by atoms with Crippen molar-refractivity contribution in [3.8, 4) is 0 Å². The van der Waals surface area contributed by atoms with E-state index in [0.29, 0.717) is 6.54 Å². The molecule has 0 saturated heterocycles. The topological polar surface area (TPSA) is 29.1 Å². The third kappa shape index (κ3) is 1.13. The van der Waals surface area contributed by atoms with Crippen LogP contribution in [0.2, 0.25) is 0 Å². The lowest BCUT2D eigenvalue weighted by Gasteiger charge is -1.94. The molecule has 1 aromatic rings. The molecule has 1 aromatic carbocycles. The molecule has 11 heavy (non-hydrogen) atoms. The molecule has 0 unspecified atom stereocenters. The van der Waals surface area contributed by atoms with E-state index in [1.165, 1.54) is 0 Å². The third-order valence-corrected chi connectivity index (χ3v) is 2.43. The predicted octanol–water partition coefficient (Wildman–Crippen LogP) is 1.53. The lowest BCUT2D eigenvalue weighted by molar-refractivity contribution is 0.0965. The van der Waals surface area contributed by atoms with E-state index in [1.54, 1.807) is 0 Å². The summed E-state index contributed by atoms with van der Waals surface area (Å²) in [6.45, 7) is 0.686. The fraction of sp³-hybridized carbons (Fsp3) is 0.125. The van der Waals surface area contributed by atoms with E-state index in [4.69, 9.17) is 0 Å². The largest absolute Gasteiger partial charge is 0.348 e. The van der Waals surface area contributed by atoms with E-state index in [2.05, 4.69) is 27.9 Å². The van der Waals surface area contributed by atoms with E-state index in [1.807, 2.05) is 18.2 Å². The Labute approximate surface area is 78.1 Å². The fourth-order valence-corrected chi connectivity index (χ4v) is 1.68. The minimum atomic E-state index is 0.0542. The monoisotopic (exact) mass is 259 g/mol. The minimum Gasteiger partial charge on any atom is -0.348 e. The van der Waals surface area contributed by atoms with Crippen LogP contribution < -0.4 is 5.32 Å². The number of rotatable bonds is 0. The van der Waals surface area contributed by atoms with Crippen LogP contribution >= 0.6 is 22.6 Å². The number of nitrogens with one attached hydrogen (secondary N) is 1. The Hall–Kier alpha value is -0.580. The first-order valence-corrected chi connectivity index (χ1v) is 4.42. The van der Waals surface area contributed by atoms with Gasteiger partial charge in [0.25, 0.3) is 5.91 Å². The second-order valence-electron chi connectivity index (χ2n) is 2.48. The maximum Gasteiger partial charge on any atom is 0.251 e. The van der Waals surface area contributed by atoms with Gasteiger partial charge in [-0.3, -0.25) is 4.79 Å². The van der Waals surface area contributed by atoms with Crippen LogP contribution in [0.5, 0.6) is 0 Å². The molecular formula is C8H6INO. The Morgan fingerprint density at radius 3 is 3.09 bits per heavy atom. The maximum absolute atomic E-state index is 11.1. The van der Waals surface area contributed by atoms with Crippen LogP contribution in [0.4, 0.5) is 0 Å². The molecule has 2 rings (SSSR count). The lowest BCUT2D eigenvalue weighted by Crippen LogP contribution is -2.12. The lowest BCUT2D eigenvalue weighted by atomic mass is 10.1. The van der Waals surface area contributed by atoms with Crippen LogP contribution in [0, 0.1) is 3.57 Å². The molecule has 1 amide bonds. The van der Waals surface area contributed by atoms with Gasteiger partial charge >= 0.3 is 0 Å². The van der Waals surface area contributed by atoms with Gasteiger partial charge < -0.3 is 5.32 Å². The number of carbonyl (C=O) groups is 1. The van der Waals surface area contributed by atoms with Crippen LogP contribution in [-0.4, -0.2) is 5.91 Å². The molecule has 0 spiro atoms. The first kappa shape index (κ1) is 7.09. The summed E-state index contributed by atoms with van der Waals surface area (Å²) in [4.78, 5) is 11.1. The molecule has 0 aromatic heterocycles. The summed E-state index contributed by atoms with van der Waals surface area (Å²) in [7, 11) is 0. The van der Waals surface area contributed by atoms with Crippen LogP contribution in [-0.2, 0) is 6.54 Å². The Morgan fingerprint density at radius 2 is 2.27 bits per heavy atom. The van der Waals surface area contributed by atoms with Crippen LogP contribution in [0.1, 0.15) is 15.9 Å². The maximum atomic E-state index is 11.1. The summed E-state index contributed by atoms with van der Waals surface area (Å²) < 4.78 is 1.11. The Kier molecular flexibility index (Phi) is 1.60. The standard InChI is InChI=1S/C8H6INO/c9-6-2-1-5-4-10-8(11)7(5)3-6/h1-3H,4H2,(H,10,11). The number of hydrogen-bond donors (Lipinski definition) is 1. The zero-order valence-electron chi connectivity index (χ0n) is 5.73. The van der Waals surface area contributed by atoms with Gasteiger partial charge in [0, 0.05) is 15.7 Å². The van der Waals surface area contributed by atoms with Crippen molar-refractivity contribution in [2.45, 2.75) is 6.54 Å². The molecule has 0 atom stereocenters. The third-order valence-electron chi connectivity index (χ3n) is 1.76. The predicted molar refractivity (Wildman–Crippen MR) is 50.3 cm³/mol. The highest BCUT2D eigenvalue weighted by Crippen LogP contribution is 2.17. The number of hydrogen-bond acceptors (Lipinski definition) is 1. The van der Waals surface area contributed by atoms with E-state index >= 15 is 0 Å². The summed E-state index contributed by atoms with van der Waals surface area (Å²) in [6.07, 6.45) is 0. The van der Waals surface area contributed by atoms with Gasteiger partial charge in [0.1, 0.15) is 0 Å². The molecule has 1 heterocycles. The van der Waals surface area contributed by atoms with E-state index in [-0.39, 0.29) is 5.91 Å². The Balaban J connectivity index is 2.60. The van der Waals surface area contributed by atoms with Gasteiger partial charge in [0.05, 0.1) is 0 Å². The fourth-order valence-electron chi connectivity index (χ4n) is 1.18. The number of benzene rings is 1. The zero-order chi connectivity index (χ0) is 7.84. The zero-order valence-corrected chi connectivity index (χ0v) is 7.88. The minimum absolute atomic E-state index is 0.0542. The highest BCUT2D eigenvalue weighted by atomic mass is 127. The summed E-state index contributed by atoms with van der Waals surface area (Å²) in [5.74, 6) is 0.0542. The van der Waals surface area contributed by atoms with Crippen molar-refractivity contribution in [1.82, 2.24) is 5.32 Å². The molecule has 0 aliphatic carbocycles. The van der Waals surface area contributed by atoms with Gasteiger partial charge in [-0.05, 0) is 40.3 Å². The first-order valence-electron chi connectivity index (χ1n) is 3.34. The molecule has 0 fully saturated rings.